The number of carbonyl (C=O) groups excluding carboxylic acids is 1. The molecule has 0 fully saturated rings. The summed E-state index contributed by atoms with van der Waals surface area (Å²) in [5.41, 5.74) is 5.95. The predicted octanol–water partition coefficient (Wildman–Crippen LogP) is -0.844. The molecule has 2 aromatic heterocycles. The van der Waals surface area contributed by atoms with E-state index in [2.05, 4.69) is 20.5 Å². The van der Waals surface area contributed by atoms with Crippen molar-refractivity contribution in [3.63, 3.8) is 0 Å². The Labute approximate surface area is 78.6 Å². The number of primary amides is 1. The van der Waals surface area contributed by atoms with Crippen LogP contribution in [0.4, 0.5) is 0 Å². The fourth-order valence-corrected chi connectivity index (χ4v) is 1.05. The van der Waals surface area contributed by atoms with E-state index in [4.69, 9.17) is 5.73 Å². The van der Waals surface area contributed by atoms with Crippen LogP contribution in [0.25, 0.3) is 5.69 Å². The lowest BCUT2D eigenvalue weighted by Gasteiger charge is -2.02. The van der Waals surface area contributed by atoms with Gasteiger partial charge in [-0.15, -0.1) is 5.10 Å². The van der Waals surface area contributed by atoms with Crippen LogP contribution in [0, 0.1) is 0 Å². The third kappa shape index (κ3) is 1.30. The molecule has 0 saturated heterocycles. The molecule has 7 nitrogen and oxygen atoms in total. The molecular weight excluding hydrogens is 184 g/mol. The zero-order chi connectivity index (χ0) is 9.97. The second-order valence-corrected chi connectivity index (χ2v) is 2.51. The maximum atomic E-state index is 11.0. The van der Waals surface area contributed by atoms with E-state index in [9.17, 15) is 4.79 Å². The molecular formula is C7H6N6O. The number of amides is 1. The molecule has 0 atom stereocenters. The van der Waals surface area contributed by atoms with E-state index in [1.54, 1.807) is 6.07 Å². The zero-order valence-electron chi connectivity index (χ0n) is 7.03. The van der Waals surface area contributed by atoms with Gasteiger partial charge in [-0.3, -0.25) is 9.78 Å². The van der Waals surface area contributed by atoms with E-state index < -0.39 is 5.91 Å². The lowest BCUT2D eigenvalue weighted by molar-refractivity contribution is 0.1000. The second kappa shape index (κ2) is 3.21. The van der Waals surface area contributed by atoms with Crippen LogP contribution in [-0.2, 0) is 0 Å². The SMILES string of the molecule is NC(=O)c1cnccc1-n1cnnn1. The Bertz CT molecular complexity index is 451. The van der Waals surface area contributed by atoms with Crippen LogP contribution < -0.4 is 5.73 Å². The average molecular weight is 190 g/mol. The largest absolute Gasteiger partial charge is 0.365 e. The minimum absolute atomic E-state index is 0.278. The van der Waals surface area contributed by atoms with Crippen LogP contribution in [-0.4, -0.2) is 31.1 Å². The highest BCUT2D eigenvalue weighted by Crippen LogP contribution is 2.09. The molecule has 0 aliphatic heterocycles. The van der Waals surface area contributed by atoms with Gasteiger partial charge in [-0.05, 0) is 16.5 Å². The van der Waals surface area contributed by atoms with Gasteiger partial charge in [0.2, 0.25) is 0 Å². The Balaban J connectivity index is 2.58. The summed E-state index contributed by atoms with van der Waals surface area (Å²) in [5, 5.41) is 10.6. The molecule has 0 saturated carbocycles. The van der Waals surface area contributed by atoms with Crippen molar-refractivity contribution in [1.29, 1.82) is 0 Å². The van der Waals surface area contributed by atoms with Crippen LogP contribution >= 0.6 is 0 Å². The van der Waals surface area contributed by atoms with Gasteiger partial charge in [-0.1, -0.05) is 0 Å². The molecule has 0 aromatic carbocycles. The number of hydrogen-bond donors (Lipinski definition) is 1. The molecule has 0 bridgehead atoms. The Kier molecular flexibility index (Phi) is 1.90. The zero-order valence-corrected chi connectivity index (χ0v) is 7.03. The summed E-state index contributed by atoms with van der Waals surface area (Å²) in [7, 11) is 0. The quantitative estimate of drug-likeness (QED) is 0.665. The van der Waals surface area contributed by atoms with Gasteiger partial charge in [0.1, 0.15) is 6.33 Å². The number of pyridine rings is 1. The first kappa shape index (κ1) is 8.30. The number of rotatable bonds is 2. The van der Waals surface area contributed by atoms with Crippen LogP contribution in [0.3, 0.4) is 0 Å². The summed E-state index contributed by atoms with van der Waals surface area (Å²) in [6.45, 7) is 0. The van der Waals surface area contributed by atoms with Gasteiger partial charge >= 0.3 is 0 Å². The van der Waals surface area contributed by atoms with Crippen molar-refractivity contribution in [2.24, 2.45) is 5.73 Å². The molecule has 14 heavy (non-hydrogen) atoms. The number of nitrogens with zero attached hydrogens (tertiary/aromatic N) is 5. The van der Waals surface area contributed by atoms with Crippen LogP contribution in [0.5, 0.6) is 0 Å². The molecule has 2 rings (SSSR count). The van der Waals surface area contributed by atoms with Gasteiger partial charge < -0.3 is 5.73 Å². The molecule has 70 valence electrons. The molecule has 2 N–H and O–H groups in total. The Morgan fingerprint density at radius 2 is 2.36 bits per heavy atom. The van der Waals surface area contributed by atoms with Crippen LogP contribution in [0.15, 0.2) is 24.8 Å². The molecule has 0 aliphatic carbocycles. The summed E-state index contributed by atoms with van der Waals surface area (Å²) < 4.78 is 1.35. The summed E-state index contributed by atoms with van der Waals surface area (Å²) >= 11 is 0. The molecule has 2 heterocycles. The molecule has 7 heteroatoms. The van der Waals surface area contributed by atoms with Gasteiger partial charge in [0.05, 0.1) is 11.3 Å². The number of aromatic nitrogens is 5. The van der Waals surface area contributed by atoms with Gasteiger partial charge in [0.15, 0.2) is 0 Å². The first-order valence-corrected chi connectivity index (χ1v) is 3.76. The lowest BCUT2D eigenvalue weighted by atomic mass is 10.2. The maximum Gasteiger partial charge on any atom is 0.252 e. The smallest absolute Gasteiger partial charge is 0.252 e. The van der Waals surface area contributed by atoms with Crippen molar-refractivity contribution >= 4 is 5.91 Å². The van der Waals surface area contributed by atoms with E-state index in [0.29, 0.717) is 5.69 Å². The number of carbonyl (C=O) groups is 1. The molecule has 2 aromatic rings. The molecule has 1 amide bonds. The molecule has 0 unspecified atom stereocenters. The third-order valence-electron chi connectivity index (χ3n) is 1.66. The normalized spacial score (nSPS) is 10.0. The van der Waals surface area contributed by atoms with E-state index in [1.807, 2.05) is 0 Å². The highest BCUT2D eigenvalue weighted by atomic mass is 16.1. The molecule has 0 aliphatic rings. The van der Waals surface area contributed by atoms with Crippen molar-refractivity contribution in [1.82, 2.24) is 25.2 Å². The van der Waals surface area contributed by atoms with E-state index in [-0.39, 0.29) is 5.56 Å². The number of nitrogens with two attached hydrogens (primary N) is 1. The van der Waals surface area contributed by atoms with Crippen molar-refractivity contribution < 1.29 is 4.79 Å². The Morgan fingerprint density at radius 1 is 1.50 bits per heavy atom. The second-order valence-electron chi connectivity index (χ2n) is 2.51. The van der Waals surface area contributed by atoms with E-state index >= 15 is 0 Å². The first-order chi connectivity index (χ1) is 6.79. The third-order valence-corrected chi connectivity index (χ3v) is 1.66. The van der Waals surface area contributed by atoms with Crippen LogP contribution in [0.2, 0.25) is 0 Å². The molecule has 0 radical (unpaired) electrons. The van der Waals surface area contributed by atoms with Crippen molar-refractivity contribution in [3.05, 3.63) is 30.4 Å². The minimum atomic E-state index is -0.566. The summed E-state index contributed by atoms with van der Waals surface area (Å²) in [4.78, 5) is 14.8. The van der Waals surface area contributed by atoms with E-state index in [1.165, 1.54) is 23.4 Å². The highest BCUT2D eigenvalue weighted by Gasteiger charge is 2.09. The minimum Gasteiger partial charge on any atom is -0.365 e. The van der Waals surface area contributed by atoms with E-state index in [0.717, 1.165) is 0 Å². The van der Waals surface area contributed by atoms with Gasteiger partial charge in [0, 0.05) is 12.4 Å². The monoisotopic (exact) mass is 190 g/mol. The standard InChI is InChI=1S/C7H6N6O/c8-7(14)5-3-9-2-1-6(5)13-4-10-11-12-13/h1-4H,(H2,8,14). The number of hydrogen-bond acceptors (Lipinski definition) is 5. The van der Waals surface area contributed by atoms with Crippen LogP contribution in [0.1, 0.15) is 10.4 Å². The maximum absolute atomic E-state index is 11.0. The topological polar surface area (TPSA) is 99.6 Å². The summed E-state index contributed by atoms with van der Waals surface area (Å²) in [6, 6.07) is 1.61. The average Bonchev–Trinajstić information content (AvgIpc) is 2.70. The number of tetrazole rings is 1. The Hall–Kier alpha value is -2.31. The first-order valence-electron chi connectivity index (χ1n) is 3.76. The fourth-order valence-electron chi connectivity index (χ4n) is 1.05. The highest BCUT2D eigenvalue weighted by molar-refractivity contribution is 5.96. The predicted molar refractivity (Wildman–Crippen MR) is 45.5 cm³/mol. The van der Waals surface area contributed by atoms with Gasteiger partial charge in [-0.25, -0.2) is 0 Å². The van der Waals surface area contributed by atoms with Crippen molar-refractivity contribution in [2.75, 3.05) is 0 Å². The van der Waals surface area contributed by atoms with Crippen molar-refractivity contribution in [3.8, 4) is 5.69 Å². The summed E-state index contributed by atoms with van der Waals surface area (Å²) in [5.74, 6) is -0.566. The lowest BCUT2D eigenvalue weighted by Crippen LogP contribution is -2.15. The molecule has 0 spiro atoms. The summed E-state index contributed by atoms with van der Waals surface area (Å²) in [6.07, 6.45) is 4.28. The van der Waals surface area contributed by atoms with Gasteiger partial charge in [0.25, 0.3) is 5.91 Å². The fraction of sp³-hybridized carbons (Fsp3) is 0. The van der Waals surface area contributed by atoms with Crippen molar-refractivity contribution in [2.45, 2.75) is 0 Å². The Morgan fingerprint density at radius 3 is 3.00 bits per heavy atom. The van der Waals surface area contributed by atoms with Gasteiger partial charge in [-0.2, -0.15) is 4.68 Å².